The zero-order valence-corrected chi connectivity index (χ0v) is 16.0. The zero-order chi connectivity index (χ0) is 18.1. The number of benzene rings is 1. The van der Waals surface area contributed by atoms with E-state index < -0.39 is 5.60 Å². The van der Waals surface area contributed by atoms with Crippen LogP contribution in [0.15, 0.2) is 29.6 Å². The average Bonchev–Trinajstić information content (AvgIpc) is 3.11. The molecule has 2 aliphatic rings. The Morgan fingerprint density at radius 2 is 1.96 bits per heavy atom. The summed E-state index contributed by atoms with van der Waals surface area (Å²) < 4.78 is 0. The van der Waals surface area contributed by atoms with E-state index in [-0.39, 0.29) is 5.91 Å². The van der Waals surface area contributed by atoms with E-state index in [4.69, 9.17) is 4.98 Å². The van der Waals surface area contributed by atoms with Gasteiger partial charge in [0.05, 0.1) is 12.2 Å². The third-order valence-corrected chi connectivity index (χ3v) is 6.47. The number of fused-ring (bicyclic) bond motifs is 1. The van der Waals surface area contributed by atoms with E-state index in [9.17, 15) is 9.90 Å². The number of rotatable bonds is 3. The molecule has 0 atom stereocenters. The summed E-state index contributed by atoms with van der Waals surface area (Å²) in [5.74, 6) is 0.0800. The van der Waals surface area contributed by atoms with Crippen LogP contribution in [0.25, 0.3) is 0 Å². The smallest absolute Gasteiger partial charge is 0.219 e. The molecule has 1 aromatic heterocycles. The maximum atomic E-state index is 11.5. The van der Waals surface area contributed by atoms with Crippen LogP contribution in [0.1, 0.15) is 41.6 Å². The summed E-state index contributed by atoms with van der Waals surface area (Å²) in [6.45, 7) is 5.62. The van der Waals surface area contributed by atoms with Crippen molar-refractivity contribution in [2.75, 3.05) is 19.6 Å². The fraction of sp³-hybridized carbons (Fsp3) is 0.500. The topological polar surface area (TPSA) is 56.7 Å². The molecule has 0 bridgehead atoms. The highest BCUT2D eigenvalue weighted by Crippen LogP contribution is 2.34. The maximum absolute atomic E-state index is 11.5. The standard InChI is InChI=1S/C20H25N3O2S/c1-15(24)23-10-7-20(25,8-11-23)18-14-26-19(21-18)13-22-9-6-16-4-2-3-5-17(16)12-22/h2-5,14,25H,6-13H2,1H3. The molecule has 138 valence electrons. The number of carbonyl (C=O) groups is 1. The Morgan fingerprint density at radius 1 is 1.23 bits per heavy atom. The summed E-state index contributed by atoms with van der Waals surface area (Å²) in [6.07, 6.45) is 2.21. The van der Waals surface area contributed by atoms with Gasteiger partial charge >= 0.3 is 0 Å². The summed E-state index contributed by atoms with van der Waals surface area (Å²) in [4.78, 5) is 20.5. The van der Waals surface area contributed by atoms with Gasteiger partial charge in [-0.2, -0.15) is 0 Å². The first-order chi connectivity index (χ1) is 12.5. The Morgan fingerprint density at radius 3 is 2.69 bits per heavy atom. The predicted molar refractivity (Wildman–Crippen MR) is 102 cm³/mol. The molecule has 2 aliphatic heterocycles. The molecule has 1 N–H and O–H groups in total. The number of piperidine rings is 1. The van der Waals surface area contributed by atoms with Crippen LogP contribution in [0, 0.1) is 0 Å². The molecule has 1 saturated heterocycles. The molecular weight excluding hydrogens is 346 g/mol. The number of nitrogens with zero attached hydrogens (tertiary/aromatic N) is 3. The molecule has 0 radical (unpaired) electrons. The van der Waals surface area contributed by atoms with Gasteiger partial charge in [-0.1, -0.05) is 24.3 Å². The number of likely N-dealkylation sites (tertiary alicyclic amines) is 1. The Hall–Kier alpha value is -1.76. The van der Waals surface area contributed by atoms with E-state index in [1.54, 1.807) is 23.2 Å². The van der Waals surface area contributed by atoms with Crippen LogP contribution in [-0.4, -0.2) is 45.4 Å². The fourth-order valence-electron chi connectivity index (χ4n) is 3.93. The Labute approximate surface area is 158 Å². The Kier molecular flexibility index (Phi) is 4.82. The van der Waals surface area contributed by atoms with Gasteiger partial charge in [0, 0.05) is 38.5 Å². The monoisotopic (exact) mass is 371 g/mol. The minimum atomic E-state index is -0.894. The number of amides is 1. The van der Waals surface area contributed by atoms with Crippen LogP contribution < -0.4 is 0 Å². The average molecular weight is 372 g/mol. The lowest BCUT2D eigenvalue weighted by molar-refractivity contribution is -0.133. The van der Waals surface area contributed by atoms with Crippen molar-refractivity contribution in [3.8, 4) is 0 Å². The van der Waals surface area contributed by atoms with Gasteiger partial charge in [0.1, 0.15) is 10.6 Å². The lowest BCUT2D eigenvalue weighted by atomic mass is 9.89. The molecule has 26 heavy (non-hydrogen) atoms. The first-order valence-corrected chi connectivity index (χ1v) is 10.1. The van der Waals surface area contributed by atoms with Crippen molar-refractivity contribution in [1.29, 1.82) is 0 Å². The summed E-state index contributed by atoms with van der Waals surface area (Å²) in [5.41, 5.74) is 2.74. The molecule has 5 nitrogen and oxygen atoms in total. The predicted octanol–water partition coefficient (Wildman–Crippen LogP) is 2.53. The van der Waals surface area contributed by atoms with E-state index in [1.165, 1.54) is 11.1 Å². The van der Waals surface area contributed by atoms with Gasteiger partial charge in [-0.3, -0.25) is 9.69 Å². The zero-order valence-electron chi connectivity index (χ0n) is 15.1. The van der Waals surface area contributed by atoms with E-state index in [1.807, 2.05) is 5.38 Å². The highest BCUT2D eigenvalue weighted by Gasteiger charge is 2.36. The molecule has 4 rings (SSSR count). The number of aromatic nitrogens is 1. The lowest BCUT2D eigenvalue weighted by Crippen LogP contribution is -2.44. The van der Waals surface area contributed by atoms with Crippen molar-refractivity contribution in [2.45, 2.75) is 44.9 Å². The van der Waals surface area contributed by atoms with Gasteiger partial charge in [-0.25, -0.2) is 4.98 Å². The van der Waals surface area contributed by atoms with E-state index in [0.29, 0.717) is 25.9 Å². The third-order valence-electron chi connectivity index (χ3n) is 5.63. The second-order valence-corrected chi connectivity index (χ2v) is 8.34. The normalized spacial score (nSPS) is 20.0. The van der Waals surface area contributed by atoms with E-state index >= 15 is 0 Å². The third kappa shape index (κ3) is 3.54. The fourth-order valence-corrected chi connectivity index (χ4v) is 4.85. The number of carbonyl (C=O) groups excluding carboxylic acids is 1. The van der Waals surface area contributed by atoms with Gasteiger partial charge in [0.2, 0.25) is 5.91 Å². The van der Waals surface area contributed by atoms with Crippen molar-refractivity contribution in [3.63, 3.8) is 0 Å². The largest absolute Gasteiger partial charge is 0.383 e. The van der Waals surface area contributed by atoms with Crippen LogP contribution >= 0.6 is 11.3 Å². The summed E-state index contributed by atoms with van der Waals surface area (Å²) in [7, 11) is 0. The van der Waals surface area contributed by atoms with Crippen LogP contribution in [0.3, 0.4) is 0 Å². The van der Waals surface area contributed by atoms with Gasteiger partial charge in [-0.15, -0.1) is 11.3 Å². The number of aliphatic hydroxyl groups is 1. The van der Waals surface area contributed by atoms with Crippen LogP contribution in [0.2, 0.25) is 0 Å². The second kappa shape index (κ2) is 7.10. The van der Waals surface area contributed by atoms with Crippen molar-refractivity contribution in [3.05, 3.63) is 51.5 Å². The quantitative estimate of drug-likeness (QED) is 0.901. The first kappa shape index (κ1) is 17.6. The lowest BCUT2D eigenvalue weighted by Gasteiger charge is -2.36. The van der Waals surface area contributed by atoms with Crippen molar-refractivity contribution < 1.29 is 9.90 Å². The Bertz CT molecular complexity index is 796. The molecule has 1 amide bonds. The molecule has 0 spiro atoms. The van der Waals surface area contributed by atoms with Crippen LogP contribution in [-0.2, 0) is 29.9 Å². The summed E-state index contributed by atoms with van der Waals surface area (Å²) >= 11 is 1.63. The van der Waals surface area contributed by atoms with Gasteiger partial charge in [0.15, 0.2) is 0 Å². The SMILES string of the molecule is CC(=O)N1CCC(O)(c2csc(CN3CCc4ccccc4C3)n2)CC1. The molecule has 1 fully saturated rings. The number of hydrogen-bond donors (Lipinski definition) is 1. The number of thiazole rings is 1. The van der Waals surface area contributed by atoms with Crippen molar-refractivity contribution >= 4 is 17.2 Å². The molecule has 3 heterocycles. The Balaban J connectivity index is 1.40. The molecule has 0 aliphatic carbocycles. The molecule has 2 aromatic rings. The van der Waals surface area contributed by atoms with Crippen molar-refractivity contribution in [1.82, 2.24) is 14.8 Å². The minimum Gasteiger partial charge on any atom is -0.383 e. The molecule has 0 saturated carbocycles. The summed E-state index contributed by atoms with van der Waals surface area (Å²) in [5, 5.41) is 14.0. The van der Waals surface area contributed by atoms with Crippen LogP contribution in [0.5, 0.6) is 0 Å². The van der Waals surface area contributed by atoms with Crippen molar-refractivity contribution in [2.24, 2.45) is 0 Å². The highest BCUT2D eigenvalue weighted by atomic mass is 32.1. The van der Waals surface area contributed by atoms with E-state index in [2.05, 4.69) is 29.2 Å². The highest BCUT2D eigenvalue weighted by molar-refractivity contribution is 7.09. The van der Waals surface area contributed by atoms with Gasteiger partial charge in [-0.05, 0) is 30.4 Å². The van der Waals surface area contributed by atoms with Crippen LogP contribution in [0.4, 0.5) is 0 Å². The summed E-state index contributed by atoms with van der Waals surface area (Å²) in [6, 6.07) is 8.64. The molecule has 1 aromatic carbocycles. The van der Waals surface area contributed by atoms with Gasteiger partial charge < -0.3 is 10.0 Å². The van der Waals surface area contributed by atoms with E-state index in [0.717, 1.165) is 36.8 Å². The van der Waals surface area contributed by atoms with Gasteiger partial charge in [0.25, 0.3) is 0 Å². The second-order valence-electron chi connectivity index (χ2n) is 7.39. The molecule has 6 heteroatoms. The maximum Gasteiger partial charge on any atom is 0.219 e. The molecular formula is C20H25N3O2S. The minimum absolute atomic E-state index is 0.0800. The number of hydrogen-bond acceptors (Lipinski definition) is 5. The molecule has 0 unspecified atom stereocenters. The first-order valence-electron chi connectivity index (χ1n) is 9.25.